The molecule has 0 saturated carbocycles. The molecule has 1 amide bonds. The molecule has 0 aliphatic rings. The van der Waals surface area contributed by atoms with Crippen LogP contribution in [0.1, 0.15) is 18.1 Å². The first-order chi connectivity index (χ1) is 15.1. The van der Waals surface area contributed by atoms with Crippen molar-refractivity contribution in [1.82, 2.24) is 15.0 Å². The van der Waals surface area contributed by atoms with Crippen molar-refractivity contribution in [1.29, 1.82) is 0 Å². The monoisotopic (exact) mass is 430 g/mol. The minimum atomic E-state index is -0.238. The summed E-state index contributed by atoms with van der Waals surface area (Å²) in [6.45, 7) is 2.41. The molecule has 156 valence electrons. The molecule has 0 unspecified atom stereocenters. The van der Waals surface area contributed by atoms with Crippen LogP contribution >= 0.6 is 11.8 Å². The quantitative estimate of drug-likeness (QED) is 0.258. The van der Waals surface area contributed by atoms with Gasteiger partial charge in [-0.2, -0.15) is 5.10 Å². The summed E-state index contributed by atoms with van der Waals surface area (Å²) < 4.78 is 2.12. The first-order valence-corrected chi connectivity index (χ1v) is 10.8. The molecule has 2 N–H and O–H groups in total. The van der Waals surface area contributed by atoms with Gasteiger partial charge in [-0.1, -0.05) is 66.4 Å². The molecular formula is C24H22N4O2S. The highest BCUT2D eigenvalue weighted by Crippen LogP contribution is 2.25. The summed E-state index contributed by atoms with van der Waals surface area (Å²) in [4.78, 5) is 17.1. The molecule has 7 heteroatoms. The third kappa shape index (κ3) is 4.95. The van der Waals surface area contributed by atoms with E-state index >= 15 is 0 Å². The van der Waals surface area contributed by atoms with E-state index in [1.165, 1.54) is 17.3 Å². The van der Waals surface area contributed by atoms with Gasteiger partial charge in [0.15, 0.2) is 5.16 Å². The van der Waals surface area contributed by atoms with Crippen molar-refractivity contribution in [2.45, 2.75) is 18.6 Å². The van der Waals surface area contributed by atoms with Gasteiger partial charge in [0.2, 0.25) is 0 Å². The molecule has 4 rings (SSSR count). The number of amides is 1. The van der Waals surface area contributed by atoms with Crippen LogP contribution in [-0.2, 0) is 11.3 Å². The lowest BCUT2D eigenvalue weighted by Crippen LogP contribution is -2.21. The van der Waals surface area contributed by atoms with Crippen LogP contribution in [-0.4, -0.2) is 32.0 Å². The minimum Gasteiger partial charge on any atom is -0.507 e. The zero-order valence-corrected chi connectivity index (χ0v) is 17.8. The Morgan fingerprint density at radius 1 is 1.03 bits per heavy atom. The summed E-state index contributed by atoms with van der Waals surface area (Å²) >= 11 is 1.37. The van der Waals surface area contributed by atoms with E-state index in [4.69, 9.17) is 4.98 Å². The van der Waals surface area contributed by atoms with Crippen LogP contribution in [0.5, 0.6) is 5.75 Å². The topological polar surface area (TPSA) is 79.5 Å². The Bertz CT molecular complexity index is 1230. The number of aromatic hydroxyl groups is 1. The minimum absolute atomic E-state index is 0.127. The van der Waals surface area contributed by atoms with Crippen LogP contribution in [0.15, 0.2) is 89.1 Å². The number of carbonyl (C=O) groups is 1. The largest absolute Gasteiger partial charge is 0.507 e. The summed E-state index contributed by atoms with van der Waals surface area (Å²) in [7, 11) is 0. The number of benzene rings is 3. The second-order valence-electron chi connectivity index (χ2n) is 6.99. The van der Waals surface area contributed by atoms with Gasteiger partial charge in [0, 0.05) is 5.56 Å². The van der Waals surface area contributed by atoms with E-state index in [-0.39, 0.29) is 17.4 Å². The Hall–Kier alpha value is -3.58. The molecule has 6 nitrogen and oxygen atoms in total. The van der Waals surface area contributed by atoms with E-state index in [1.807, 2.05) is 48.5 Å². The van der Waals surface area contributed by atoms with Crippen molar-refractivity contribution < 1.29 is 9.90 Å². The lowest BCUT2D eigenvalue weighted by molar-refractivity contribution is -0.118. The molecule has 31 heavy (non-hydrogen) atoms. The predicted molar refractivity (Wildman–Crippen MR) is 124 cm³/mol. The summed E-state index contributed by atoms with van der Waals surface area (Å²) in [6.07, 6.45) is 0. The summed E-state index contributed by atoms with van der Waals surface area (Å²) in [5.41, 5.74) is 6.77. The van der Waals surface area contributed by atoms with E-state index in [0.717, 1.165) is 16.2 Å². The van der Waals surface area contributed by atoms with E-state index in [2.05, 4.69) is 27.2 Å². The van der Waals surface area contributed by atoms with Crippen LogP contribution in [0.25, 0.3) is 11.0 Å². The Morgan fingerprint density at radius 3 is 2.55 bits per heavy atom. The molecule has 0 fully saturated rings. The number of hydrogen-bond donors (Lipinski definition) is 2. The normalized spacial score (nSPS) is 11.6. The molecule has 0 atom stereocenters. The highest BCUT2D eigenvalue weighted by Gasteiger charge is 2.13. The number of fused-ring (bicyclic) bond motifs is 1. The molecule has 1 aromatic heterocycles. The van der Waals surface area contributed by atoms with Crippen LogP contribution in [0.3, 0.4) is 0 Å². The fraction of sp³-hybridized carbons (Fsp3) is 0.125. The van der Waals surface area contributed by atoms with Crippen molar-refractivity contribution in [2.75, 3.05) is 5.75 Å². The molecular weight excluding hydrogens is 408 g/mol. The van der Waals surface area contributed by atoms with Gasteiger partial charge >= 0.3 is 0 Å². The second-order valence-corrected chi connectivity index (χ2v) is 7.94. The Morgan fingerprint density at radius 2 is 1.74 bits per heavy atom. The van der Waals surface area contributed by atoms with Crippen molar-refractivity contribution in [3.05, 3.63) is 90.0 Å². The fourth-order valence-corrected chi connectivity index (χ4v) is 4.04. The molecule has 0 radical (unpaired) electrons. The standard InChI is InChI=1S/C24H22N4O2S/c1-17(19-11-5-8-14-22(19)29)26-27-23(30)16-31-24-25-20-12-6-7-13-21(20)28(24)15-18-9-3-2-4-10-18/h2-14,29H,15-16H2,1H3,(H,27,30)/b26-17+. The lowest BCUT2D eigenvalue weighted by atomic mass is 10.1. The van der Waals surface area contributed by atoms with Crippen LogP contribution < -0.4 is 5.43 Å². The molecule has 3 aromatic carbocycles. The highest BCUT2D eigenvalue weighted by molar-refractivity contribution is 7.99. The SMILES string of the molecule is C/C(=N\NC(=O)CSc1nc2ccccc2n1Cc1ccccc1)c1ccccc1O. The van der Waals surface area contributed by atoms with E-state index in [9.17, 15) is 9.90 Å². The third-order valence-corrected chi connectivity index (χ3v) is 5.75. The van der Waals surface area contributed by atoms with Gasteiger partial charge in [-0.15, -0.1) is 0 Å². The number of nitrogens with one attached hydrogen (secondary N) is 1. The van der Waals surface area contributed by atoms with Gasteiger partial charge in [0.1, 0.15) is 5.75 Å². The van der Waals surface area contributed by atoms with Gasteiger partial charge in [0.05, 0.1) is 29.0 Å². The van der Waals surface area contributed by atoms with E-state index in [0.29, 0.717) is 17.8 Å². The first-order valence-electron chi connectivity index (χ1n) is 9.85. The summed E-state index contributed by atoms with van der Waals surface area (Å²) in [5.74, 6) is 0.0652. The van der Waals surface area contributed by atoms with Crippen molar-refractivity contribution in [2.24, 2.45) is 5.10 Å². The number of aromatic nitrogens is 2. The van der Waals surface area contributed by atoms with Crippen LogP contribution in [0.2, 0.25) is 0 Å². The number of imidazole rings is 1. The van der Waals surface area contributed by atoms with E-state index < -0.39 is 0 Å². The average Bonchev–Trinajstić information content (AvgIpc) is 3.14. The van der Waals surface area contributed by atoms with Gasteiger partial charge in [-0.05, 0) is 36.8 Å². The number of rotatable bonds is 7. The molecule has 0 saturated heterocycles. The molecule has 0 aliphatic carbocycles. The zero-order chi connectivity index (χ0) is 21.6. The van der Waals surface area contributed by atoms with Crippen LogP contribution in [0, 0.1) is 0 Å². The molecule has 0 spiro atoms. The summed E-state index contributed by atoms with van der Waals surface area (Å²) in [5, 5.41) is 14.8. The van der Waals surface area contributed by atoms with E-state index in [1.54, 1.807) is 25.1 Å². The number of hydrogen-bond acceptors (Lipinski definition) is 5. The third-order valence-electron chi connectivity index (χ3n) is 4.78. The number of hydrazone groups is 1. The molecule has 0 bridgehead atoms. The smallest absolute Gasteiger partial charge is 0.250 e. The number of thioether (sulfide) groups is 1. The Labute approximate surface area is 184 Å². The maximum Gasteiger partial charge on any atom is 0.250 e. The molecule has 0 aliphatic heterocycles. The van der Waals surface area contributed by atoms with Crippen molar-refractivity contribution in [3.63, 3.8) is 0 Å². The number of phenolic OH excluding ortho intramolecular Hbond substituents is 1. The maximum atomic E-state index is 12.4. The van der Waals surface area contributed by atoms with Crippen LogP contribution in [0.4, 0.5) is 0 Å². The lowest BCUT2D eigenvalue weighted by Gasteiger charge is -2.09. The Kier molecular flexibility index (Phi) is 6.33. The number of carbonyl (C=O) groups excluding carboxylic acids is 1. The zero-order valence-electron chi connectivity index (χ0n) is 17.0. The van der Waals surface area contributed by atoms with Gasteiger partial charge in [-0.25, -0.2) is 10.4 Å². The van der Waals surface area contributed by atoms with Gasteiger partial charge in [0.25, 0.3) is 5.91 Å². The summed E-state index contributed by atoms with van der Waals surface area (Å²) in [6, 6.07) is 25.0. The molecule has 4 aromatic rings. The number of phenols is 1. The average molecular weight is 431 g/mol. The van der Waals surface area contributed by atoms with Crippen molar-refractivity contribution >= 4 is 34.4 Å². The fourth-order valence-electron chi connectivity index (χ4n) is 3.23. The maximum absolute atomic E-state index is 12.4. The van der Waals surface area contributed by atoms with Crippen molar-refractivity contribution in [3.8, 4) is 5.75 Å². The predicted octanol–water partition coefficient (Wildman–Crippen LogP) is 4.42. The molecule has 1 heterocycles. The second kappa shape index (κ2) is 9.49. The number of nitrogens with zero attached hydrogens (tertiary/aromatic N) is 3. The number of para-hydroxylation sites is 3. The van der Waals surface area contributed by atoms with Gasteiger partial charge in [-0.3, -0.25) is 4.79 Å². The van der Waals surface area contributed by atoms with Gasteiger partial charge < -0.3 is 9.67 Å². The highest BCUT2D eigenvalue weighted by atomic mass is 32.2. The first kappa shape index (κ1) is 20.7. The Balaban J connectivity index is 1.47.